The summed E-state index contributed by atoms with van der Waals surface area (Å²) in [4.78, 5) is 8.20. The Morgan fingerprint density at radius 2 is 1.58 bits per heavy atom. The first-order valence-electron chi connectivity index (χ1n) is 9.46. The lowest BCUT2D eigenvalue weighted by atomic mass is 10.3. The van der Waals surface area contributed by atoms with Gasteiger partial charge in [0.15, 0.2) is 11.6 Å². The van der Waals surface area contributed by atoms with Crippen molar-refractivity contribution in [2.45, 2.75) is 18.7 Å². The predicted octanol–water partition coefficient (Wildman–Crippen LogP) is 3.85. The van der Waals surface area contributed by atoms with E-state index in [9.17, 15) is 17.2 Å². The summed E-state index contributed by atoms with van der Waals surface area (Å²) in [5, 5.41) is 5.61. The second-order valence-corrected chi connectivity index (χ2v) is 8.41. The van der Waals surface area contributed by atoms with Crippen LogP contribution in [-0.4, -0.2) is 35.8 Å². The first-order valence-corrected chi connectivity index (χ1v) is 10.9. The third-order valence-electron chi connectivity index (χ3n) is 4.53. The van der Waals surface area contributed by atoms with Crippen LogP contribution in [0.25, 0.3) is 0 Å². The number of hydrogen-bond acceptors (Lipinski definition) is 7. The molecule has 0 aliphatic carbocycles. The standard InChI is InChI=1S/C20H22F2N6O2S/c1-3-28(4-2)31(29,30)15-8-6-14(7-9-15)26-19-18(23)20(25-12-24-19)27-17-11-13(21)5-10-16(17)22/h5-12H,3-4,23H2,1-2H3,(H2,24,25,26,27). The van der Waals surface area contributed by atoms with E-state index in [1.165, 1.54) is 22.8 Å². The minimum absolute atomic E-state index is 0.0750. The van der Waals surface area contributed by atoms with Gasteiger partial charge in [0.05, 0.1) is 10.6 Å². The first kappa shape index (κ1) is 22.4. The number of halogens is 2. The Balaban J connectivity index is 1.82. The largest absolute Gasteiger partial charge is 0.393 e. The Kier molecular flexibility index (Phi) is 6.66. The summed E-state index contributed by atoms with van der Waals surface area (Å²) in [7, 11) is -3.57. The van der Waals surface area contributed by atoms with Crippen molar-refractivity contribution in [3.8, 4) is 0 Å². The van der Waals surface area contributed by atoms with Gasteiger partial charge in [-0.1, -0.05) is 13.8 Å². The van der Waals surface area contributed by atoms with Crippen LogP contribution in [0.15, 0.2) is 53.7 Å². The van der Waals surface area contributed by atoms with Gasteiger partial charge in [-0.2, -0.15) is 4.31 Å². The number of nitrogen functional groups attached to an aromatic ring is 1. The normalized spacial score (nSPS) is 11.5. The molecular weight excluding hydrogens is 426 g/mol. The molecular formula is C20H22F2N6O2S. The third kappa shape index (κ3) is 4.89. The van der Waals surface area contributed by atoms with Crippen molar-refractivity contribution in [1.82, 2.24) is 14.3 Å². The second kappa shape index (κ2) is 9.23. The van der Waals surface area contributed by atoms with Crippen LogP contribution in [0.4, 0.5) is 37.5 Å². The van der Waals surface area contributed by atoms with Gasteiger partial charge in [-0.3, -0.25) is 0 Å². The van der Waals surface area contributed by atoms with Crippen molar-refractivity contribution in [3.05, 3.63) is 60.4 Å². The maximum Gasteiger partial charge on any atom is 0.243 e. The number of nitrogens with zero attached hydrogens (tertiary/aromatic N) is 3. The van der Waals surface area contributed by atoms with Gasteiger partial charge >= 0.3 is 0 Å². The Morgan fingerprint density at radius 3 is 2.19 bits per heavy atom. The van der Waals surface area contributed by atoms with Crippen molar-refractivity contribution < 1.29 is 17.2 Å². The summed E-state index contributed by atoms with van der Waals surface area (Å²) in [6.07, 6.45) is 1.21. The molecule has 4 N–H and O–H groups in total. The van der Waals surface area contributed by atoms with Gasteiger partial charge in [-0.05, 0) is 36.4 Å². The van der Waals surface area contributed by atoms with Crippen molar-refractivity contribution in [2.75, 3.05) is 29.5 Å². The van der Waals surface area contributed by atoms with Crippen molar-refractivity contribution in [2.24, 2.45) is 0 Å². The minimum atomic E-state index is -3.57. The highest BCUT2D eigenvalue weighted by molar-refractivity contribution is 7.89. The number of anilines is 5. The number of rotatable bonds is 8. The fourth-order valence-corrected chi connectivity index (χ4v) is 4.33. The molecule has 11 heteroatoms. The van der Waals surface area contributed by atoms with Crippen LogP contribution in [0.1, 0.15) is 13.8 Å². The summed E-state index contributed by atoms with van der Waals surface area (Å²) in [5.41, 5.74) is 6.56. The van der Waals surface area contributed by atoms with Crippen LogP contribution in [-0.2, 0) is 10.0 Å². The summed E-state index contributed by atoms with van der Waals surface area (Å²) >= 11 is 0. The molecule has 2 aromatic carbocycles. The maximum atomic E-state index is 13.9. The smallest absolute Gasteiger partial charge is 0.243 e. The Labute approximate surface area is 179 Å². The average molecular weight is 448 g/mol. The molecule has 0 aliphatic heterocycles. The van der Waals surface area contributed by atoms with Gasteiger partial charge in [-0.25, -0.2) is 27.2 Å². The Morgan fingerprint density at radius 1 is 0.968 bits per heavy atom. The van der Waals surface area contributed by atoms with Gasteiger partial charge in [0.1, 0.15) is 23.6 Å². The second-order valence-electron chi connectivity index (χ2n) is 6.47. The van der Waals surface area contributed by atoms with Gasteiger partial charge in [0.2, 0.25) is 10.0 Å². The number of nitrogens with two attached hydrogens (primary N) is 1. The molecule has 0 saturated carbocycles. The average Bonchev–Trinajstić information content (AvgIpc) is 2.74. The molecule has 31 heavy (non-hydrogen) atoms. The SMILES string of the molecule is CCN(CC)S(=O)(=O)c1ccc(Nc2ncnc(Nc3cc(F)ccc3F)c2N)cc1. The van der Waals surface area contributed by atoms with E-state index in [1.807, 2.05) is 0 Å². The van der Waals surface area contributed by atoms with Crippen LogP contribution in [0.3, 0.4) is 0 Å². The van der Waals surface area contributed by atoms with E-state index in [1.54, 1.807) is 26.0 Å². The van der Waals surface area contributed by atoms with E-state index in [0.29, 0.717) is 18.8 Å². The summed E-state index contributed by atoms with van der Waals surface area (Å²) < 4.78 is 53.8. The van der Waals surface area contributed by atoms with Crippen molar-refractivity contribution in [1.29, 1.82) is 0 Å². The molecule has 0 fully saturated rings. The molecule has 1 heterocycles. The number of sulfonamides is 1. The first-order chi connectivity index (χ1) is 14.8. The topological polar surface area (TPSA) is 113 Å². The lowest BCUT2D eigenvalue weighted by Crippen LogP contribution is -2.30. The fourth-order valence-electron chi connectivity index (χ4n) is 2.88. The van der Waals surface area contributed by atoms with E-state index in [2.05, 4.69) is 20.6 Å². The molecule has 1 aromatic heterocycles. The van der Waals surface area contributed by atoms with Crippen molar-refractivity contribution >= 4 is 38.7 Å². The van der Waals surface area contributed by atoms with E-state index in [-0.39, 0.29) is 27.9 Å². The minimum Gasteiger partial charge on any atom is -0.393 e. The van der Waals surface area contributed by atoms with Crippen LogP contribution < -0.4 is 16.4 Å². The molecule has 0 unspecified atom stereocenters. The van der Waals surface area contributed by atoms with Crippen LogP contribution in [0, 0.1) is 11.6 Å². The van der Waals surface area contributed by atoms with E-state index in [0.717, 1.165) is 18.2 Å². The molecule has 0 amide bonds. The van der Waals surface area contributed by atoms with Gasteiger partial charge in [0.25, 0.3) is 0 Å². The predicted molar refractivity (Wildman–Crippen MR) is 116 cm³/mol. The van der Waals surface area contributed by atoms with E-state index >= 15 is 0 Å². The van der Waals surface area contributed by atoms with Crippen LogP contribution >= 0.6 is 0 Å². The fraction of sp³-hybridized carbons (Fsp3) is 0.200. The zero-order valence-electron chi connectivity index (χ0n) is 16.9. The Bertz CT molecular complexity index is 1170. The monoisotopic (exact) mass is 448 g/mol. The molecule has 0 aliphatic rings. The maximum absolute atomic E-state index is 13.9. The van der Waals surface area contributed by atoms with Crippen LogP contribution in [0.5, 0.6) is 0 Å². The molecule has 3 aromatic rings. The van der Waals surface area contributed by atoms with E-state index in [4.69, 9.17) is 5.73 Å². The Hall–Kier alpha value is -3.31. The molecule has 0 atom stereocenters. The molecule has 0 saturated heterocycles. The number of hydrogen-bond donors (Lipinski definition) is 3. The highest BCUT2D eigenvalue weighted by Gasteiger charge is 2.21. The van der Waals surface area contributed by atoms with Gasteiger partial charge in [0, 0.05) is 24.8 Å². The van der Waals surface area contributed by atoms with Gasteiger partial charge in [-0.15, -0.1) is 0 Å². The highest BCUT2D eigenvalue weighted by Crippen LogP contribution is 2.29. The van der Waals surface area contributed by atoms with E-state index < -0.39 is 21.7 Å². The molecule has 3 rings (SSSR count). The highest BCUT2D eigenvalue weighted by atomic mass is 32.2. The number of nitrogens with one attached hydrogen (secondary N) is 2. The zero-order chi connectivity index (χ0) is 22.6. The molecule has 164 valence electrons. The number of benzene rings is 2. The summed E-state index contributed by atoms with van der Waals surface area (Å²) in [6, 6.07) is 9.10. The third-order valence-corrected chi connectivity index (χ3v) is 6.59. The van der Waals surface area contributed by atoms with Crippen LogP contribution in [0.2, 0.25) is 0 Å². The summed E-state index contributed by atoms with van der Waals surface area (Å²) in [6.45, 7) is 4.29. The zero-order valence-corrected chi connectivity index (χ0v) is 17.7. The lowest BCUT2D eigenvalue weighted by molar-refractivity contribution is 0.445. The van der Waals surface area contributed by atoms with Gasteiger partial charge < -0.3 is 16.4 Å². The molecule has 0 spiro atoms. The molecule has 0 bridgehead atoms. The lowest BCUT2D eigenvalue weighted by Gasteiger charge is -2.18. The number of aromatic nitrogens is 2. The van der Waals surface area contributed by atoms with Crippen molar-refractivity contribution in [3.63, 3.8) is 0 Å². The molecule has 0 radical (unpaired) electrons. The molecule has 8 nitrogen and oxygen atoms in total. The quantitative estimate of drug-likeness (QED) is 0.480. The summed E-state index contributed by atoms with van der Waals surface area (Å²) in [5.74, 6) is -0.982.